The Hall–Kier alpha value is -3.62. The smallest absolute Gasteiger partial charge is 0.326 e. The quantitative estimate of drug-likeness (QED) is 0.0626. The molecule has 0 aromatic rings. The minimum atomic E-state index is -1.21. The molecule has 0 aromatic carbocycles. The van der Waals surface area contributed by atoms with Crippen molar-refractivity contribution in [3.05, 3.63) is 0 Å². The monoisotopic (exact) mass is 554 g/mol. The molecule has 0 bridgehead atoms. The molecule has 0 radical (unpaired) electrons. The van der Waals surface area contributed by atoms with E-state index in [1.165, 1.54) is 11.8 Å². The Morgan fingerprint density at radius 3 is 2.00 bits per heavy atom. The van der Waals surface area contributed by atoms with Crippen molar-refractivity contribution in [2.24, 2.45) is 11.5 Å². The minimum Gasteiger partial charge on any atom is -0.480 e. The summed E-state index contributed by atoms with van der Waals surface area (Å²) < 4.78 is 0. The van der Waals surface area contributed by atoms with Crippen LogP contribution in [0.25, 0.3) is 0 Å². The second-order valence-electron chi connectivity index (χ2n) is 10.7. The maximum atomic E-state index is 13.5. The molecule has 4 atom stereocenters. The van der Waals surface area contributed by atoms with Crippen LogP contribution in [0.5, 0.6) is 0 Å². The van der Waals surface area contributed by atoms with E-state index in [-0.39, 0.29) is 36.3 Å². The van der Waals surface area contributed by atoms with E-state index in [1.54, 1.807) is 0 Å². The first-order valence-corrected chi connectivity index (χ1v) is 13.2. The fourth-order valence-electron chi connectivity index (χ4n) is 4.27. The Kier molecular flexibility index (Phi) is 13.5. The number of guanidine groups is 2. The summed E-state index contributed by atoms with van der Waals surface area (Å²) in [6, 6.07) is -3.49. The number of carboxylic acids is 1. The van der Waals surface area contributed by atoms with E-state index >= 15 is 0 Å². The average Bonchev–Trinajstić information content (AvgIpc) is 3.31. The Morgan fingerprint density at radius 1 is 0.974 bits per heavy atom. The molecule has 1 heterocycles. The summed E-state index contributed by atoms with van der Waals surface area (Å²) in [5, 5.41) is 37.5. The predicted octanol–water partition coefficient (Wildman–Crippen LogP) is -1.67. The van der Waals surface area contributed by atoms with Gasteiger partial charge in [0.05, 0.1) is 6.04 Å². The Bertz CT molecular complexity index is 891. The van der Waals surface area contributed by atoms with Crippen LogP contribution in [0.15, 0.2) is 0 Å². The van der Waals surface area contributed by atoms with E-state index in [2.05, 4.69) is 26.6 Å². The van der Waals surface area contributed by atoms with Gasteiger partial charge in [-0.3, -0.25) is 25.2 Å². The average molecular weight is 555 g/mol. The van der Waals surface area contributed by atoms with Crippen molar-refractivity contribution in [1.82, 2.24) is 31.5 Å². The molecule has 0 aliphatic carbocycles. The first kappa shape index (κ1) is 33.4. The van der Waals surface area contributed by atoms with Crippen LogP contribution in [0.2, 0.25) is 0 Å². The van der Waals surface area contributed by atoms with Crippen LogP contribution in [-0.4, -0.2) is 95.0 Å². The number of rotatable bonds is 15. The number of nitrogens with one attached hydrogen (secondary N) is 7. The first-order valence-electron chi connectivity index (χ1n) is 13.2. The molecule has 1 aliphatic rings. The van der Waals surface area contributed by atoms with Gasteiger partial charge < -0.3 is 48.1 Å². The van der Waals surface area contributed by atoms with E-state index in [9.17, 15) is 24.3 Å². The fraction of sp³-hybridized carbons (Fsp3) is 0.750. The van der Waals surface area contributed by atoms with Crippen molar-refractivity contribution < 1.29 is 24.3 Å². The van der Waals surface area contributed by atoms with E-state index in [0.29, 0.717) is 45.2 Å². The number of amides is 3. The highest BCUT2D eigenvalue weighted by Crippen LogP contribution is 2.21. The Labute approximate surface area is 229 Å². The van der Waals surface area contributed by atoms with Crippen LogP contribution in [0, 0.1) is 10.8 Å². The number of hydrogen-bond acceptors (Lipinski definition) is 7. The molecule has 3 amide bonds. The third kappa shape index (κ3) is 12.7. The number of carbonyl (C=O) groups excluding carboxylic acids is 3. The number of nitrogens with two attached hydrogens (primary N) is 2. The summed E-state index contributed by atoms with van der Waals surface area (Å²) in [5.74, 6) is -2.94. The molecular formula is C24H46N10O5. The molecule has 1 rings (SSSR count). The van der Waals surface area contributed by atoms with Crippen molar-refractivity contribution in [1.29, 1.82) is 10.8 Å². The van der Waals surface area contributed by atoms with Gasteiger partial charge in [-0.15, -0.1) is 0 Å². The number of likely N-dealkylation sites (tertiary alicyclic amines) is 1. The van der Waals surface area contributed by atoms with Gasteiger partial charge in [0.2, 0.25) is 17.7 Å². The van der Waals surface area contributed by atoms with Crippen LogP contribution >= 0.6 is 0 Å². The summed E-state index contributed by atoms with van der Waals surface area (Å²) in [4.78, 5) is 52.3. The first-order chi connectivity index (χ1) is 18.1. The van der Waals surface area contributed by atoms with Gasteiger partial charge in [-0.05, 0) is 66.2 Å². The zero-order chi connectivity index (χ0) is 29.8. The molecule has 1 fully saturated rings. The Morgan fingerprint density at radius 2 is 1.51 bits per heavy atom. The lowest BCUT2D eigenvalue weighted by Gasteiger charge is -2.33. The second kappa shape index (κ2) is 15.7. The van der Waals surface area contributed by atoms with Crippen LogP contribution in [0.1, 0.15) is 66.2 Å². The van der Waals surface area contributed by atoms with E-state index in [1.807, 2.05) is 20.8 Å². The van der Waals surface area contributed by atoms with Crippen molar-refractivity contribution in [2.45, 2.75) is 95.9 Å². The highest BCUT2D eigenvalue weighted by molar-refractivity contribution is 5.94. The van der Waals surface area contributed by atoms with Gasteiger partial charge in [-0.25, -0.2) is 4.79 Å². The number of carbonyl (C=O) groups is 4. The van der Waals surface area contributed by atoms with E-state index in [0.717, 1.165) is 0 Å². The van der Waals surface area contributed by atoms with Gasteiger partial charge in [-0.2, -0.15) is 0 Å². The minimum absolute atomic E-state index is 0.108. The summed E-state index contributed by atoms with van der Waals surface area (Å²) in [7, 11) is 0. The van der Waals surface area contributed by atoms with Gasteiger partial charge >= 0.3 is 5.97 Å². The largest absolute Gasteiger partial charge is 0.480 e. The number of aliphatic carboxylic acids is 1. The van der Waals surface area contributed by atoms with Crippen LogP contribution < -0.4 is 38.1 Å². The summed E-state index contributed by atoms with van der Waals surface area (Å²) in [6.07, 6.45) is 2.59. The molecular weight excluding hydrogens is 508 g/mol. The molecule has 222 valence electrons. The summed E-state index contributed by atoms with van der Waals surface area (Å²) >= 11 is 0. The molecule has 0 unspecified atom stereocenters. The lowest BCUT2D eigenvalue weighted by Crippen LogP contribution is -2.58. The van der Waals surface area contributed by atoms with E-state index < -0.39 is 42.0 Å². The highest BCUT2D eigenvalue weighted by Gasteiger charge is 2.38. The second-order valence-corrected chi connectivity index (χ2v) is 10.7. The molecule has 15 nitrogen and oxygen atoms in total. The zero-order valence-corrected chi connectivity index (χ0v) is 23.4. The van der Waals surface area contributed by atoms with Crippen molar-refractivity contribution in [3.63, 3.8) is 0 Å². The van der Waals surface area contributed by atoms with Gasteiger partial charge in [0.1, 0.15) is 18.1 Å². The normalized spacial score (nSPS) is 17.4. The highest BCUT2D eigenvalue weighted by atomic mass is 16.4. The zero-order valence-electron chi connectivity index (χ0n) is 23.4. The molecule has 0 aromatic heterocycles. The summed E-state index contributed by atoms with van der Waals surface area (Å²) in [6.45, 7) is 8.41. The molecule has 12 N–H and O–H groups in total. The predicted molar refractivity (Wildman–Crippen MR) is 147 cm³/mol. The van der Waals surface area contributed by atoms with Gasteiger partial charge in [-0.1, -0.05) is 0 Å². The lowest BCUT2D eigenvalue weighted by molar-refractivity contribution is -0.143. The molecule has 0 spiro atoms. The number of hydrogen-bond donors (Lipinski definition) is 10. The van der Waals surface area contributed by atoms with Gasteiger partial charge in [0.15, 0.2) is 11.9 Å². The standard InChI is InChI=1S/C24H46N10O5/c1-14(18(35)32-16(21(38)39)9-6-12-30-23(27)28)31-19(36)17-10-7-13-34(17)20(37)15(33-24(2,3)4)8-5-11-29-22(25)26/h14-17,33H,5-13H2,1-4H3,(H,31,36)(H,32,35)(H,38,39)(H4,25,26,29)(H4,27,28,30)/t14-,15-,16-,17-/m0/s1. The molecule has 39 heavy (non-hydrogen) atoms. The molecule has 1 aliphatic heterocycles. The number of carboxylic acid groups (broad SMARTS) is 1. The molecule has 0 saturated carbocycles. The van der Waals surface area contributed by atoms with Crippen molar-refractivity contribution >= 4 is 35.6 Å². The SMILES string of the molecule is C[C@H](NC(=O)[C@@H]1CCCN1C(=O)[C@H](CCCNC(=N)N)NC(C)(C)C)C(=O)N[C@@H](CCCNC(=N)N)C(=O)O. The third-order valence-corrected chi connectivity index (χ3v) is 6.08. The van der Waals surface area contributed by atoms with Crippen LogP contribution in [-0.2, 0) is 19.2 Å². The molecule has 15 heteroatoms. The van der Waals surface area contributed by atoms with Crippen molar-refractivity contribution in [2.75, 3.05) is 19.6 Å². The maximum absolute atomic E-state index is 13.5. The topological polar surface area (TPSA) is 252 Å². The maximum Gasteiger partial charge on any atom is 0.326 e. The van der Waals surface area contributed by atoms with Crippen LogP contribution in [0.4, 0.5) is 0 Å². The Balaban J connectivity index is 2.78. The van der Waals surface area contributed by atoms with Crippen LogP contribution in [0.3, 0.4) is 0 Å². The number of nitrogens with zero attached hydrogens (tertiary/aromatic N) is 1. The summed E-state index contributed by atoms with van der Waals surface area (Å²) in [5.41, 5.74) is 10.2. The fourth-order valence-corrected chi connectivity index (χ4v) is 4.27. The van der Waals surface area contributed by atoms with E-state index in [4.69, 9.17) is 22.3 Å². The van der Waals surface area contributed by atoms with Crippen molar-refractivity contribution in [3.8, 4) is 0 Å². The van der Waals surface area contributed by atoms with Gasteiger partial charge in [0.25, 0.3) is 0 Å². The third-order valence-electron chi connectivity index (χ3n) is 6.08. The lowest BCUT2D eigenvalue weighted by atomic mass is 10.0. The van der Waals surface area contributed by atoms with Gasteiger partial charge in [0, 0.05) is 25.2 Å². The molecule has 1 saturated heterocycles.